The van der Waals surface area contributed by atoms with Gasteiger partial charge in [-0.1, -0.05) is 18.2 Å². The zero-order chi connectivity index (χ0) is 14.5. The third kappa shape index (κ3) is 2.25. The minimum absolute atomic E-state index is 0.0943. The lowest BCUT2D eigenvalue weighted by atomic mass is 10.1. The molecule has 2 aromatic rings. The molecular formula is C12H8F5N3. The summed E-state index contributed by atoms with van der Waals surface area (Å²) in [5.41, 5.74) is 0.686. The van der Waals surface area contributed by atoms with Gasteiger partial charge in [-0.25, -0.2) is 13.8 Å². The fourth-order valence-electron chi connectivity index (χ4n) is 2.00. The average Bonchev–Trinajstić information content (AvgIpc) is 2.79. The van der Waals surface area contributed by atoms with E-state index < -0.39 is 23.8 Å². The molecule has 0 saturated heterocycles. The maximum Gasteiger partial charge on any atom is 0.453 e. The van der Waals surface area contributed by atoms with Gasteiger partial charge in [-0.15, -0.1) is 5.10 Å². The van der Waals surface area contributed by atoms with Gasteiger partial charge in [0.25, 0.3) is 11.7 Å². The van der Waals surface area contributed by atoms with E-state index >= 15 is 0 Å². The van der Waals surface area contributed by atoms with Gasteiger partial charge >= 0.3 is 6.18 Å². The van der Waals surface area contributed by atoms with Crippen LogP contribution in [-0.2, 0) is 6.18 Å². The van der Waals surface area contributed by atoms with Crippen LogP contribution in [-0.4, -0.2) is 21.1 Å². The van der Waals surface area contributed by atoms with Crippen LogP contribution in [0.2, 0.25) is 0 Å². The van der Waals surface area contributed by atoms with Crippen LogP contribution in [0.25, 0.3) is 11.4 Å². The van der Waals surface area contributed by atoms with Crippen molar-refractivity contribution in [2.45, 2.75) is 24.4 Å². The second-order valence-electron chi connectivity index (χ2n) is 4.65. The number of nitrogens with one attached hydrogen (secondary N) is 1. The lowest BCUT2D eigenvalue weighted by molar-refractivity contribution is -0.144. The minimum atomic E-state index is -4.64. The Morgan fingerprint density at radius 1 is 1.25 bits per heavy atom. The highest BCUT2D eigenvalue weighted by Gasteiger charge is 2.57. The Kier molecular flexibility index (Phi) is 2.60. The van der Waals surface area contributed by atoms with Crippen molar-refractivity contribution in [3.63, 3.8) is 0 Å². The molecule has 0 unspecified atom stereocenters. The van der Waals surface area contributed by atoms with Crippen LogP contribution in [0.3, 0.4) is 0 Å². The summed E-state index contributed by atoms with van der Waals surface area (Å²) in [6.45, 7) is 0. The van der Waals surface area contributed by atoms with Crippen LogP contribution in [0.4, 0.5) is 22.0 Å². The Morgan fingerprint density at radius 3 is 2.50 bits per heavy atom. The normalized spacial score (nSPS) is 20.9. The summed E-state index contributed by atoms with van der Waals surface area (Å²) in [5.74, 6) is -4.97. The van der Waals surface area contributed by atoms with E-state index in [4.69, 9.17) is 0 Å². The second kappa shape index (κ2) is 4.00. The van der Waals surface area contributed by atoms with Crippen molar-refractivity contribution in [2.75, 3.05) is 0 Å². The molecule has 0 radical (unpaired) electrons. The van der Waals surface area contributed by atoms with E-state index in [2.05, 4.69) is 15.2 Å². The summed E-state index contributed by atoms with van der Waals surface area (Å²) in [5, 5.41) is 5.24. The molecule has 1 atom stereocenters. The number of hydrogen-bond donors (Lipinski definition) is 1. The lowest BCUT2D eigenvalue weighted by Gasteiger charge is -2.02. The first kappa shape index (κ1) is 13.0. The molecule has 1 saturated carbocycles. The van der Waals surface area contributed by atoms with E-state index in [0.29, 0.717) is 11.1 Å². The predicted molar refractivity (Wildman–Crippen MR) is 59.1 cm³/mol. The number of halogens is 5. The van der Waals surface area contributed by atoms with Gasteiger partial charge < -0.3 is 0 Å². The zero-order valence-electron chi connectivity index (χ0n) is 9.88. The number of hydrogen-bond acceptors (Lipinski definition) is 2. The Bertz CT molecular complexity index is 647. The minimum Gasteiger partial charge on any atom is -0.259 e. The molecule has 106 valence electrons. The summed E-state index contributed by atoms with van der Waals surface area (Å²) < 4.78 is 63.2. The van der Waals surface area contributed by atoms with E-state index in [-0.39, 0.29) is 12.2 Å². The van der Waals surface area contributed by atoms with E-state index in [1.54, 1.807) is 0 Å². The molecule has 20 heavy (non-hydrogen) atoms. The first-order chi connectivity index (χ1) is 9.27. The Hall–Kier alpha value is -1.99. The molecular weight excluding hydrogens is 281 g/mol. The van der Waals surface area contributed by atoms with E-state index in [1.165, 1.54) is 24.3 Å². The van der Waals surface area contributed by atoms with E-state index in [0.717, 1.165) is 0 Å². The number of aromatic nitrogens is 3. The smallest absolute Gasteiger partial charge is 0.259 e. The quantitative estimate of drug-likeness (QED) is 0.858. The third-order valence-corrected chi connectivity index (χ3v) is 3.13. The highest BCUT2D eigenvalue weighted by Crippen LogP contribution is 2.55. The summed E-state index contributed by atoms with van der Waals surface area (Å²) in [6.07, 6.45) is -4.88. The first-order valence-corrected chi connectivity index (χ1v) is 5.75. The van der Waals surface area contributed by atoms with Gasteiger partial charge in [-0.3, -0.25) is 5.10 Å². The maximum absolute atomic E-state index is 13.0. The molecule has 1 aromatic heterocycles. The van der Waals surface area contributed by atoms with Crippen LogP contribution in [0, 0.1) is 0 Å². The molecule has 1 aliphatic rings. The largest absolute Gasteiger partial charge is 0.453 e. The van der Waals surface area contributed by atoms with Crippen molar-refractivity contribution in [1.29, 1.82) is 0 Å². The van der Waals surface area contributed by atoms with Gasteiger partial charge in [0.1, 0.15) is 0 Å². The summed E-state index contributed by atoms with van der Waals surface area (Å²) >= 11 is 0. The SMILES string of the molecule is FC(F)(F)c1n[nH]c(-c2cccc([C@@H]3CC3(F)F)c2)n1. The molecule has 1 fully saturated rings. The predicted octanol–water partition coefficient (Wildman–Crippen LogP) is 3.61. The van der Waals surface area contributed by atoms with Crippen molar-refractivity contribution in [3.8, 4) is 11.4 Å². The Balaban J connectivity index is 1.91. The highest BCUT2D eigenvalue weighted by atomic mass is 19.4. The molecule has 8 heteroatoms. The molecule has 3 nitrogen and oxygen atoms in total. The Morgan fingerprint density at radius 2 is 1.95 bits per heavy atom. The van der Waals surface area contributed by atoms with Crippen molar-refractivity contribution >= 4 is 0 Å². The fourth-order valence-corrected chi connectivity index (χ4v) is 2.00. The number of aromatic amines is 1. The molecule has 0 amide bonds. The maximum atomic E-state index is 13.0. The summed E-state index contributed by atoms with van der Waals surface area (Å²) in [7, 11) is 0. The monoisotopic (exact) mass is 289 g/mol. The molecule has 0 aliphatic heterocycles. The summed E-state index contributed by atoms with van der Waals surface area (Å²) in [6, 6.07) is 5.93. The number of H-pyrrole nitrogens is 1. The fraction of sp³-hybridized carbons (Fsp3) is 0.333. The van der Waals surface area contributed by atoms with Gasteiger partial charge in [0.2, 0.25) is 0 Å². The van der Waals surface area contributed by atoms with Crippen LogP contribution >= 0.6 is 0 Å². The van der Waals surface area contributed by atoms with Crippen LogP contribution in [0.5, 0.6) is 0 Å². The van der Waals surface area contributed by atoms with Gasteiger partial charge in [-0.05, 0) is 11.6 Å². The molecule has 0 bridgehead atoms. The van der Waals surface area contributed by atoms with Crippen LogP contribution in [0.15, 0.2) is 24.3 Å². The van der Waals surface area contributed by atoms with Crippen LogP contribution in [0.1, 0.15) is 23.7 Å². The average molecular weight is 289 g/mol. The van der Waals surface area contributed by atoms with Gasteiger partial charge in [0.15, 0.2) is 5.82 Å². The van der Waals surface area contributed by atoms with E-state index in [1.807, 2.05) is 0 Å². The van der Waals surface area contributed by atoms with E-state index in [9.17, 15) is 22.0 Å². The molecule has 1 aromatic carbocycles. The molecule has 1 N–H and O–H groups in total. The first-order valence-electron chi connectivity index (χ1n) is 5.75. The van der Waals surface area contributed by atoms with Gasteiger partial charge in [-0.2, -0.15) is 13.2 Å². The molecule has 0 spiro atoms. The van der Waals surface area contributed by atoms with Crippen molar-refractivity contribution < 1.29 is 22.0 Å². The number of benzene rings is 1. The zero-order valence-corrected chi connectivity index (χ0v) is 9.88. The standard InChI is InChI=1S/C12H8F5N3/c13-11(14)5-8(11)6-2-1-3-7(4-6)9-18-10(20-19-9)12(15,16)17/h1-4,8H,5H2,(H,18,19,20)/t8-/m0/s1. The molecule has 1 heterocycles. The number of alkyl halides is 5. The van der Waals surface area contributed by atoms with Crippen molar-refractivity contribution in [1.82, 2.24) is 15.2 Å². The van der Waals surface area contributed by atoms with Gasteiger partial charge in [0, 0.05) is 12.0 Å². The lowest BCUT2D eigenvalue weighted by Crippen LogP contribution is -2.07. The molecule has 3 rings (SSSR count). The van der Waals surface area contributed by atoms with Crippen LogP contribution < -0.4 is 0 Å². The molecule has 1 aliphatic carbocycles. The highest BCUT2D eigenvalue weighted by molar-refractivity contribution is 5.57. The number of rotatable bonds is 2. The van der Waals surface area contributed by atoms with Crippen molar-refractivity contribution in [2.24, 2.45) is 0 Å². The summed E-state index contributed by atoms with van der Waals surface area (Å²) in [4.78, 5) is 3.33. The topological polar surface area (TPSA) is 41.6 Å². The number of nitrogens with zero attached hydrogens (tertiary/aromatic N) is 2. The van der Waals surface area contributed by atoms with Gasteiger partial charge in [0.05, 0.1) is 5.92 Å². The third-order valence-electron chi connectivity index (χ3n) is 3.13. The second-order valence-corrected chi connectivity index (χ2v) is 4.65. The van der Waals surface area contributed by atoms with Crippen molar-refractivity contribution in [3.05, 3.63) is 35.7 Å². The Labute approximate surface area is 109 Å².